The van der Waals surface area contributed by atoms with Gasteiger partial charge in [0.25, 0.3) is 0 Å². The average molecular weight is 303 g/mol. The lowest BCUT2D eigenvalue weighted by Crippen LogP contribution is -2.25. The normalized spacial score (nSPS) is 11.1. The van der Waals surface area contributed by atoms with Crippen molar-refractivity contribution in [1.82, 2.24) is 5.32 Å². The zero-order chi connectivity index (χ0) is 15.8. The van der Waals surface area contributed by atoms with Crippen LogP contribution in [0.2, 0.25) is 0 Å². The molecule has 0 atom stereocenters. The number of hydrogen-bond donors (Lipinski definition) is 2. The zero-order valence-electron chi connectivity index (χ0n) is 12.0. The topological polar surface area (TPSA) is 88.8 Å². The van der Waals surface area contributed by atoms with Crippen molar-refractivity contribution in [3.63, 3.8) is 0 Å². The number of fused-ring (bicyclic) bond motifs is 1. The van der Waals surface area contributed by atoms with E-state index < -0.39 is 0 Å². The van der Waals surface area contributed by atoms with Crippen LogP contribution >= 0.6 is 0 Å². The number of rotatable bonds is 7. The van der Waals surface area contributed by atoms with Crippen molar-refractivity contribution in [2.45, 2.75) is 0 Å². The Morgan fingerprint density at radius 1 is 1.32 bits per heavy atom. The molecular formula is C16H17NO5. The van der Waals surface area contributed by atoms with E-state index in [2.05, 4.69) is 5.32 Å². The first-order valence-electron chi connectivity index (χ1n) is 6.87. The first-order chi connectivity index (χ1) is 10.7. The summed E-state index contributed by atoms with van der Waals surface area (Å²) in [4.78, 5) is 23.8. The van der Waals surface area contributed by atoms with Gasteiger partial charge in [0.2, 0.25) is 5.91 Å². The number of ether oxygens (including phenoxy) is 1. The van der Waals surface area contributed by atoms with Gasteiger partial charge in [0.05, 0.1) is 30.8 Å². The Morgan fingerprint density at radius 2 is 2.14 bits per heavy atom. The van der Waals surface area contributed by atoms with E-state index in [1.54, 1.807) is 24.3 Å². The molecule has 6 heteroatoms. The monoisotopic (exact) mass is 303 g/mol. The molecule has 0 aliphatic heterocycles. The van der Waals surface area contributed by atoms with Gasteiger partial charge in [-0.05, 0) is 18.2 Å². The van der Waals surface area contributed by atoms with Crippen LogP contribution in [0.5, 0.6) is 0 Å². The first kappa shape index (κ1) is 15.9. The summed E-state index contributed by atoms with van der Waals surface area (Å²) in [5.74, 6) is -0.333. The lowest BCUT2D eigenvalue weighted by atomic mass is 10.1. The Morgan fingerprint density at radius 3 is 2.95 bits per heavy atom. The molecular weight excluding hydrogens is 286 g/mol. The van der Waals surface area contributed by atoms with E-state index in [-0.39, 0.29) is 24.5 Å². The van der Waals surface area contributed by atoms with Crippen molar-refractivity contribution >= 4 is 23.0 Å². The quantitative estimate of drug-likeness (QED) is 0.587. The number of aliphatic hydroxyl groups is 1. The molecule has 0 aliphatic rings. The maximum atomic E-state index is 12.2. The fourth-order valence-corrected chi connectivity index (χ4v) is 1.85. The second-order valence-corrected chi connectivity index (χ2v) is 4.48. The number of aliphatic hydroxyl groups excluding tert-OH is 1. The maximum Gasteiger partial charge on any atom is 0.244 e. The first-order valence-corrected chi connectivity index (χ1v) is 6.87. The Balaban J connectivity index is 1.97. The fourth-order valence-electron chi connectivity index (χ4n) is 1.85. The highest BCUT2D eigenvalue weighted by Gasteiger charge is 2.04. The highest BCUT2D eigenvalue weighted by Crippen LogP contribution is 2.10. The van der Waals surface area contributed by atoms with Crippen LogP contribution in [-0.2, 0) is 9.53 Å². The minimum Gasteiger partial charge on any atom is -0.463 e. The van der Waals surface area contributed by atoms with E-state index in [1.807, 2.05) is 0 Å². The molecule has 1 aromatic carbocycles. The molecule has 0 spiro atoms. The third-order valence-corrected chi connectivity index (χ3v) is 2.90. The molecule has 2 aromatic rings. The van der Waals surface area contributed by atoms with Gasteiger partial charge in [-0.3, -0.25) is 9.59 Å². The highest BCUT2D eigenvalue weighted by atomic mass is 16.5. The lowest BCUT2D eigenvalue weighted by molar-refractivity contribution is -0.116. The number of carbonyl (C=O) groups excluding carboxylic acids is 1. The molecule has 0 bridgehead atoms. The Hall–Kier alpha value is -2.44. The molecule has 22 heavy (non-hydrogen) atoms. The second kappa shape index (κ2) is 8.11. The van der Waals surface area contributed by atoms with Crippen LogP contribution in [0.15, 0.2) is 45.8 Å². The van der Waals surface area contributed by atoms with E-state index >= 15 is 0 Å². The largest absolute Gasteiger partial charge is 0.463 e. The summed E-state index contributed by atoms with van der Waals surface area (Å²) in [6.45, 7) is 0.836. The van der Waals surface area contributed by atoms with E-state index in [9.17, 15) is 9.59 Å². The fraction of sp³-hybridized carbons (Fsp3) is 0.250. The minimum absolute atomic E-state index is 0.0500. The molecule has 0 radical (unpaired) electrons. The van der Waals surface area contributed by atoms with Crippen molar-refractivity contribution in [2.75, 3.05) is 26.4 Å². The molecule has 1 heterocycles. The summed E-state index contributed by atoms with van der Waals surface area (Å²) in [5, 5.41) is 11.6. The molecule has 6 nitrogen and oxygen atoms in total. The molecule has 1 aromatic heterocycles. The van der Waals surface area contributed by atoms with Gasteiger partial charge in [0.15, 0.2) is 5.43 Å². The van der Waals surface area contributed by atoms with Crippen molar-refractivity contribution in [2.24, 2.45) is 0 Å². The number of amides is 1. The van der Waals surface area contributed by atoms with E-state index in [0.29, 0.717) is 29.7 Å². The lowest BCUT2D eigenvalue weighted by Gasteiger charge is -2.02. The van der Waals surface area contributed by atoms with Crippen LogP contribution in [0.25, 0.3) is 17.0 Å². The molecule has 0 fully saturated rings. The van der Waals surface area contributed by atoms with Gasteiger partial charge >= 0.3 is 0 Å². The minimum atomic E-state index is -0.333. The predicted octanol–water partition coefficient (Wildman–Crippen LogP) is 0.931. The Bertz CT molecular complexity index is 720. The van der Waals surface area contributed by atoms with Crippen LogP contribution in [0.3, 0.4) is 0 Å². The summed E-state index contributed by atoms with van der Waals surface area (Å²) in [5.41, 5.74) is 0.637. The van der Waals surface area contributed by atoms with Gasteiger partial charge in [-0.15, -0.1) is 0 Å². The van der Waals surface area contributed by atoms with E-state index in [0.717, 1.165) is 0 Å². The predicted molar refractivity (Wildman–Crippen MR) is 82.4 cm³/mol. The van der Waals surface area contributed by atoms with E-state index in [4.69, 9.17) is 14.3 Å². The van der Waals surface area contributed by atoms with Gasteiger partial charge in [0.1, 0.15) is 11.8 Å². The summed E-state index contributed by atoms with van der Waals surface area (Å²) < 4.78 is 10.4. The van der Waals surface area contributed by atoms with Gasteiger partial charge in [-0.1, -0.05) is 12.1 Å². The molecule has 2 rings (SSSR count). The van der Waals surface area contributed by atoms with Crippen molar-refractivity contribution < 1.29 is 19.1 Å². The third kappa shape index (κ3) is 4.28. The summed E-state index contributed by atoms with van der Waals surface area (Å²) in [7, 11) is 0. The summed E-state index contributed by atoms with van der Waals surface area (Å²) >= 11 is 0. The van der Waals surface area contributed by atoms with E-state index in [1.165, 1.54) is 18.4 Å². The number of nitrogens with one attached hydrogen (secondary N) is 1. The van der Waals surface area contributed by atoms with Crippen molar-refractivity contribution in [1.29, 1.82) is 0 Å². The smallest absolute Gasteiger partial charge is 0.244 e. The summed E-state index contributed by atoms with van der Waals surface area (Å²) in [6.07, 6.45) is 4.02. The van der Waals surface area contributed by atoms with Gasteiger partial charge in [-0.2, -0.15) is 0 Å². The highest BCUT2D eigenvalue weighted by molar-refractivity contribution is 5.92. The van der Waals surface area contributed by atoms with Crippen LogP contribution < -0.4 is 10.7 Å². The standard InChI is InChI=1S/C16H17NO5/c18-8-10-21-9-7-17-15(19)6-5-12-11-22-14-4-2-1-3-13(14)16(12)20/h1-6,11,18H,7-10H2,(H,17,19)/b6-5+. The molecule has 0 saturated carbocycles. The molecule has 116 valence electrons. The summed E-state index contributed by atoms with van der Waals surface area (Å²) in [6, 6.07) is 6.93. The molecule has 1 amide bonds. The van der Waals surface area contributed by atoms with Crippen LogP contribution in [0, 0.1) is 0 Å². The van der Waals surface area contributed by atoms with Gasteiger partial charge in [-0.25, -0.2) is 0 Å². The second-order valence-electron chi connectivity index (χ2n) is 4.48. The number of para-hydroxylation sites is 1. The molecule has 2 N–H and O–H groups in total. The Kier molecular flexibility index (Phi) is 5.88. The Labute approximate surface area is 127 Å². The number of carbonyl (C=O) groups is 1. The molecule has 0 saturated heterocycles. The average Bonchev–Trinajstić information content (AvgIpc) is 2.54. The maximum absolute atomic E-state index is 12.2. The molecule has 0 aliphatic carbocycles. The molecule has 0 unspecified atom stereocenters. The van der Waals surface area contributed by atoms with Crippen LogP contribution in [0.1, 0.15) is 5.56 Å². The van der Waals surface area contributed by atoms with Crippen molar-refractivity contribution in [3.8, 4) is 0 Å². The third-order valence-electron chi connectivity index (χ3n) is 2.90. The van der Waals surface area contributed by atoms with Crippen LogP contribution in [-0.4, -0.2) is 37.4 Å². The van der Waals surface area contributed by atoms with Gasteiger partial charge < -0.3 is 19.6 Å². The van der Waals surface area contributed by atoms with Crippen LogP contribution in [0.4, 0.5) is 0 Å². The number of benzene rings is 1. The SMILES string of the molecule is O=C(/C=C/c1coc2ccccc2c1=O)NCCOCCO. The van der Waals surface area contributed by atoms with Crippen molar-refractivity contribution in [3.05, 3.63) is 52.4 Å². The number of hydrogen-bond acceptors (Lipinski definition) is 5. The zero-order valence-corrected chi connectivity index (χ0v) is 12.0. The van der Waals surface area contributed by atoms with Gasteiger partial charge in [0, 0.05) is 12.6 Å².